The van der Waals surface area contributed by atoms with Gasteiger partial charge in [0, 0.05) is 10.0 Å². The maximum atomic E-state index is 11.9. The second-order valence-electron chi connectivity index (χ2n) is 12.7. The van der Waals surface area contributed by atoms with E-state index in [1.807, 2.05) is 109 Å². The minimum Gasteiger partial charge on any atom is -0.547 e. The first-order chi connectivity index (χ1) is 26.1. The third-order valence-electron chi connectivity index (χ3n) is 9.37. The maximum Gasteiger partial charge on any atom is 2.00 e. The first-order valence-electron chi connectivity index (χ1n) is 17.6. The molecule has 0 N–H and O–H groups in total. The third kappa shape index (κ3) is 11.1. The van der Waals surface area contributed by atoms with Crippen LogP contribution in [0.3, 0.4) is 0 Å². The van der Waals surface area contributed by atoms with Crippen molar-refractivity contribution in [1.82, 2.24) is 0 Å². The van der Waals surface area contributed by atoms with Crippen molar-refractivity contribution in [3.8, 4) is 22.3 Å². The number of carbonyl (C=O) groups is 2. The summed E-state index contributed by atoms with van der Waals surface area (Å²) >= 11 is 11.9. The van der Waals surface area contributed by atoms with Crippen molar-refractivity contribution in [3.63, 3.8) is 0 Å². The summed E-state index contributed by atoms with van der Waals surface area (Å²) in [6.45, 7) is 3.92. The van der Waals surface area contributed by atoms with E-state index >= 15 is 0 Å². The van der Waals surface area contributed by atoms with Crippen molar-refractivity contribution >= 4 is 72.9 Å². The first kappa shape index (κ1) is 43.7. The first-order valence-corrected chi connectivity index (χ1v) is 18.4. The molecular weight excluding hydrogens is 759 g/mol. The van der Waals surface area contributed by atoms with E-state index in [-0.39, 0.29) is 63.8 Å². The van der Waals surface area contributed by atoms with Crippen LogP contribution < -0.4 is 10.2 Å². The molecule has 0 saturated heterocycles. The Labute approximate surface area is 362 Å². The second kappa shape index (κ2) is 20.8. The fraction of sp³-hybridized carbons (Fsp3) is 0.174. The number of halogens is 2. The summed E-state index contributed by atoms with van der Waals surface area (Å²) in [7, 11) is 0. The van der Waals surface area contributed by atoms with Gasteiger partial charge in [-0.25, -0.2) is 0 Å². The van der Waals surface area contributed by atoms with Gasteiger partial charge in [0.05, 0.1) is 25.2 Å². The number of carboxylic acids is 2. The number of carbonyl (C=O) groups excluding carboxylic acids is 2. The molecule has 0 fully saturated rings. The van der Waals surface area contributed by atoms with E-state index in [1.54, 1.807) is 62.4 Å². The van der Waals surface area contributed by atoms with Gasteiger partial charge < -0.3 is 29.3 Å². The quantitative estimate of drug-likeness (QED) is 0.102. The van der Waals surface area contributed by atoms with E-state index in [4.69, 9.17) is 32.7 Å². The van der Waals surface area contributed by atoms with Crippen LogP contribution in [0.5, 0.6) is 0 Å². The number of rotatable bonds is 14. The standard InChI is InChI=1S/2C23H21ClO3.Ca/c2*1-2-23(22(25)26,20-6-4-3-5-7-20)27-16-17-8-10-18(11-9-17)19-12-14-21(24)15-13-19;/h2*3-15H,2,16H2,1H3,(H,25,26);/q;;+2/p-2. The summed E-state index contributed by atoms with van der Waals surface area (Å²) < 4.78 is 11.8. The molecule has 2 unspecified atom stereocenters. The molecule has 6 nitrogen and oxygen atoms in total. The monoisotopic (exact) mass is 798 g/mol. The second-order valence-corrected chi connectivity index (χ2v) is 13.5. The van der Waals surface area contributed by atoms with Gasteiger partial charge in [-0.3, -0.25) is 0 Å². The number of benzene rings is 6. The molecule has 0 saturated carbocycles. The van der Waals surface area contributed by atoms with Crippen LogP contribution in [0, 0.1) is 0 Å². The number of aliphatic carboxylic acids is 2. The van der Waals surface area contributed by atoms with E-state index < -0.39 is 23.1 Å². The molecule has 0 bridgehead atoms. The molecule has 6 aromatic rings. The van der Waals surface area contributed by atoms with Gasteiger partial charge >= 0.3 is 37.7 Å². The number of ether oxygens (including phenoxy) is 2. The molecule has 0 aliphatic rings. The zero-order valence-corrected chi connectivity index (χ0v) is 34.5. The Balaban J connectivity index is 0.000000240. The summed E-state index contributed by atoms with van der Waals surface area (Å²) in [4.78, 5) is 23.8. The Morgan fingerprint density at radius 2 is 0.745 bits per heavy atom. The minimum atomic E-state index is -1.46. The Hall–Kier alpha value is -3.98. The van der Waals surface area contributed by atoms with Gasteiger partial charge in [0.25, 0.3) is 0 Å². The molecule has 9 heteroatoms. The van der Waals surface area contributed by atoms with Crippen molar-refractivity contribution in [2.45, 2.75) is 51.1 Å². The Morgan fingerprint density at radius 3 is 1.00 bits per heavy atom. The van der Waals surface area contributed by atoms with E-state index in [0.29, 0.717) is 21.2 Å². The molecule has 0 aliphatic carbocycles. The summed E-state index contributed by atoms with van der Waals surface area (Å²) in [6.07, 6.45) is 0.560. The van der Waals surface area contributed by atoms with Crippen molar-refractivity contribution in [1.29, 1.82) is 0 Å². The van der Waals surface area contributed by atoms with Crippen molar-refractivity contribution in [2.24, 2.45) is 0 Å². The molecule has 2 atom stereocenters. The van der Waals surface area contributed by atoms with Crippen LogP contribution in [0.1, 0.15) is 48.9 Å². The SMILES string of the molecule is CCC(OCc1ccc(-c2ccc(Cl)cc2)cc1)(C(=O)[O-])c1ccccc1.CCC(OCc1ccc(-c2ccc(Cl)cc2)cc1)(C(=O)[O-])c1ccccc1.[Ca+2]. The van der Waals surface area contributed by atoms with Gasteiger partial charge in [-0.05, 0) is 81.6 Å². The Bertz CT molecular complexity index is 1940. The fourth-order valence-electron chi connectivity index (χ4n) is 6.12. The summed E-state index contributed by atoms with van der Waals surface area (Å²) in [5.74, 6) is -2.46. The molecule has 0 heterocycles. The van der Waals surface area contributed by atoms with E-state index in [2.05, 4.69) is 0 Å². The molecule has 0 aliphatic heterocycles. The normalized spacial score (nSPS) is 12.9. The predicted molar refractivity (Wildman–Crippen MR) is 216 cm³/mol. The molecule has 6 aromatic carbocycles. The molecule has 0 amide bonds. The van der Waals surface area contributed by atoms with Crippen LogP contribution in [0.4, 0.5) is 0 Å². The summed E-state index contributed by atoms with van der Waals surface area (Å²) in [6, 6.07) is 48.8. The van der Waals surface area contributed by atoms with Crippen LogP contribution in [-0.4, -0.2) is 49.7 Å². The number of hydrogen-bond donors (Lipinski definition) is 0. The zero-order chi connectivity index (χ0) is 38.6. The molecule has 6 rings (SSSR count). The fourth-order valence-corrected chi connectivity index (χ4v) is 6.37. The maximum absolute atomic E-state index is 11.9. The van der Waals surface area contributed by atoms with Crippen LogP contribution >= 0.6 is 23.2 Å². The average molecular weight is 800 g/mol. The summed E-state index contributed by atoms with van der Waals surface area (Å²) in [5.41, 5.74) is 4.27. The average Bonchev–Trinajstić information content (AvgIpc) is 3.21. The molecule has 0 radical (unpaired) electrons. The molecule has 276 valence electrons. The third-order valence-corrected chi connectivity index (χ3v) is 9.87. The Morgan fingerprint density at radius 1 is 0.473 bits per heavy atom. The zero-order valence-electron chi connectivity index (χ0n) is 30.8. The van der Waals surface area contributed by atoms with Gasteiger partial charge in [-0.2, -0.15) is 0 Å². The molecular formula is C46H40CaCl2O6. The van der Waals surface area contributed by atoms with Crippen molar-refractivity contribution in [3.05, 3.63) is 190 Å². The van der Waals surface area contributed by atoms with Gasteiger partial charge in [0.15, 0.2) is 0 Å². The largest absolute Gasteiger partial charge is 2.00 e. The van der Waals surface area contributed by atoms with E-state index in [1.165, 1.54) is 0 Å². The van der Waals surface area contributed by atoms with Crippen molar-refractivity contribution < 1.29 is 29.3 Å². The molecule has 0 aromatic heterocycles. The van der Waals surface area contributed by atoms with Crippen LogP contribution in [-0.2, 0) is 43.5 Å². The van der Waals surface area contributed by atoms with Gasteiger partial charge in [-0.1, -0.05) is 171 Å². The topological polar surface area (TPSA) is 98.7 Å². The molecule has 0 spiro atoms. The Kier molecular flexibility index (Phi) is 16.5. The summed E-state index contributed by atoms with van der Waals surface area (Å²) in [5, 5.41) is 25.2. The number of hydrogen-bond acceptors (Lipinski definition) is 6. The van der Waals surface area contributed by atoms with Gasteiger partial charge in [-0.15, -0.1) is 0 Å². The minimum absolute atomic E-state index is 0. The smallest absolute Gasteiger partial charge is 0.547 e. The van der Waals surface area contributed by atoms with Gasteiger partial charge in [0.2, 0.25) is 0 Å². The molecule has 55 heavy (non-hydrogen) atoms. The van der Waals surface area contributed by atoms with Crippen LogP contribution in [0.2, 0.25) is 10.0 Å². The number of carboxylic acid groups (broad SMARTS) is 2. The van der Waals surface area contributed by atoms with Gasteiger partial charge in [0.1, 0.15) is 11.2 Å². The van der Waals surface area contributed by atoms with E-state index in [0.717, 1.165) is 33.4 Å². The van der Waals surface area contributed by atoms with Crippen molar-refractivity contribution in [2.75, 3.05) is 0 Å². The van der Waals surface area contributed by atoms with Crippen LogP contribution in [0.15, 0.2) is 158 Å². The van der Waals surface area contributed by atoms with Crippen LogP contribution in [0.25, 0.3) is 22.3 Å². The van der Waals surface area contributed by atoms with E-state index in [9.17, 15) is 19.8 Å². The predicted octanol–water partition coefficient (Wildman–Crippen LogP) is 8.78.